The van der Waals surface area contributed by atoms with Gasteiger partial charge in [0.15, 0.2) is 0 Å². The van der Waals surface area contributed by atoms with Crippen LogP contribution in [0.15, 0.2) is 91.3 Å². The van der Waals surface area contributed by atoms with E-state index in [4.69, 9.17) is 4.74 Å². The predicted molar refractivity (Wildman–Crippen MR) is 152 cm³/mol. The molecule has 7 nitrogen and oxygen atoms in total. The van der Waals surface area contributed by atoms with Crippen molar-refractivity contribution in [2.45, 2.75) is 24.3 Å². The summed E-state index contributed by atoms with van der Waals surface area (Å²) < 4.78 is 18.3. The summed E-state index contributed by atoms with van der Waals surface area (Å²) in [6.07, 6.45) is 2.26. The van der Waals surface area contributed by atoms with Crippen molar-refractivity contribution in [3.8, 4) is 16.9 Å². The lowest BCUT2D eigenvalue weighted by Gasteiger charge is -2.47. The van der Waals surface area contributed by atoms with Gasteiger partial charge in [-0.2, -0.15) is 0 Å². The van der Waals surface area contributed by atoms with Crippen molar-refractivity contribution in [1.29, 1.82) is 0 Å². The highest BCUT2D eigenvalue weighted by atomic mass is 32.2. The van der Waals surface area contributed by atoms with Crippen LogP contribution in [0.5, 0.6) is 5.75 Å². The van der Waals surface area contributed by atoms with E-state index in [0.29, 0.717) is 16.8 Å². The Morgan fingerprint density at radius 1 is 1.02 bits per heavy atom. The Bertz CT molecular complexity index is 1500. The number of β-lactam (4-membered cyclic amide) rings is 1. The second kappa shape index (κ2) is 11.9. The fourth-order valence-corrected chi connectivity index (χ4v) is 5.92. The number of thioether (sulfide) groups is 1. The Hall–Kier alpha value is -4.21. The number of phenolic OH excluding ortho intramolecular Hbond substituents is 1. The molecule has 0 radical (unpaired) electrons. The Morgan fingerprint density at radius 3 is 2.40 bits per heavy atom. The highest BCUT2D eigenvalue weighted by Gasteiger charge is 2.49. The van der Waals surface area contributed by atoms with Crippen LogP contribution in [0.3, 0.4) is 0 Å². The second-order valence-electron chi connectivity index (χ2n) is 9.30. The van der Waals surface area contributed by atoms with E-state index in [1.807, 2.05) is 24.3 Å². The molecule has 1 fully saturated rings. The van der Waals surface area contributed by atoms with Gasteiger partial charge < -0.3 is 19.8 Å². The summed E-state index contributed by atoms with van der Waals surface area (Å²) in [7, 11) is 0. The first kappa shape index (κ1) is 27.4. The number of ether oxygens (including phenoxy) is 1. The third-order valence-electron chi connectivity index (χ3n) is 6.70. The topological polar surface area (TPSA) is 100.0 Å². The molecule has 1 saturated heterocycles. The molecule has 0 bridgehead atoms. The van der Waals surface area contributed by atoms with Gasteiger partial charge in [-0.3, -0.25) is 9.78 Å². The quantitative estimate of drug-likeness (QED) is 0.201. The standard InChI is InChI=1S/C31H27FN2O5S/c1-2-39-31(38)23-15-22(16-33-17-23)19-5-11-25(12-6-19)34-28(21-7-13-26(35)14-8-21)29(30(34)37)40-18-27(36)20-3-9-24(32)10-4-20/h3-17,27-29,35-36H,2,18H2,1H3/t27-,28+,29+/m0/s1. The number of carbonyl (C=O) groups excluding carboxylic acids is 2. The van der Waals surface area contributed by atoms with Crippen molar-refractivity contribution in [3.05, 3.63) is 114 Å². The lowest BCUT2D eigenvalue weighted by Crippen LogP contribution is -2.57. The van der Waals surface area contributed by atoms with Gasteiger partial charge in [0.05, 0.1) is 24.3 Å². The van der Waals surface area contributed by atoms with E-state index in [-0.39, 0.29) is 35.9 Å². The van der Waals surface area contributed by atoms with E-state index in [1.165, 1.54) is 42.2 Å². The molecule has 1 aliphatic rings. The molecule has 1 amide bonds. The number of carbonyl (C=O) groups is 2. The molecule has 1 aromatic heterocycles. The molecule has 5 rings (SSSR count). The van der Waals surface area contributed by atoms with Crippen LogP contribution in [0.4, 0.5) is 10.1 Å². The average molecular weight is 559 g/mol. The van der Waals surface area contributed by atoms with E-state index in [2.05, 4.69) is 4.98 Å². The number of aromatic hydroxyl groups is 1. The lowest BCUT2D eigenvalue weighted by atomic mass is 9.92. The van der Waals surface area contributed by atoms with Gasteiger partial charge in [-0.1, -0.05) is 36.4 Å². The predicted octanol–water partition coefficient (Wildman–Crippen LogP) is 5.69. The van der Waals surface area contributed by atoms with Gasteiger partial charge in [0, 0.05) is 29.4 Å². The van der Waals surface area contributed by atoms with Crippen molar-refractivity contribution in [2.75, 3.05) is 17.3 Å². The smallest absolute Gasteiger partial charge is 0.339 e. The van der Waals surface area contributed by atoms with E-state index < -0.39 is 17.3 Å². The van der Waals surface area contributed by atoms with Crippen LogP contribution in [0, 0.1) is 5.82 Å². The van der Waals surface area contributed by atoms with Gasteiger partial charge in [0.1, 0.15) is 16.8 Å². The number of amides is 1. The number of anilines is 1. The van der Waals surface area contributed by atoms with Crippen LogP contribution in [0.2, 0.25) is 0 Å². The molecule has 9 heteroatoms. The first-order chi connectivity index (χ1) is 19.4. The van der Waals surface area contributed by atoms with Crippen molar-refractivity contribution >= 4 is 29.3 Å². The van der Waals surface area contributed by atoms with Crippen molar-refractivity contribution in [3.63, 3.8) is 0 Å². The third kappa shape index (κ3) is 5.71. The molecular formula is C31H27FN2O5S. The molecule has 204 valence electrons. The molecule has 3 aromatic carbocycles. The van der Waals surface area contributed by atoms with Crippen molar-refractivity contribution < 1.29 is 28.9 Å². The number of aromatic nitrogens is 1. The van der Waals surface area contributed by atoms with Crippen molar-refractivity contribution in [2.24, 2.45) is 0 Å². The zero-order valence-corrected chi connectivity index (χ0v) is 22.4. The van der Waals surface area contributed by atoms with Crippen LogP contribution in [-0.4, -0.2) is 44.7 Å². The Labute approximate surface area is 235 Å². The fraction of sp³-hybridized carbons (Fsp3) is 0.194. The number of hydrogen-bond donors (Lipinski definition) is 2. The summed E-state index contributed by atoms with van der Waals surface area (Å²) in [5.74, 6) is -0.542. The van der Waals surface area contributed by atoms with Gasteiger partial charge in [0.2, 0.25) is 5.91 Å². The highest BCUT2D eigenvalue weighted by Crippen LogP contribution is 2.46. The zero-order chi connectivity index (χ0) is 28.2. The summed E-state index contributed by atoms with van der Waals surface area (Å²) in [5, 5.41) is 20.0. The molecule has 0 unspecified atom stereocenters. The summed E-state index contributed by atoms with van der Waals surface area (Å²) in [6, 6.07) is 21.2. The van der Waals surface area contributed by atoms with E-state index in [1.54, 1.807) is 48.4 Å². The molecule has 2 heterocycles. The molecule has 0 aliphatic carbocycles. The maximum Gasteiger partial charge on any atom is 0.339 e. The van der Waals surface area contributed by atoms with E-state index in [0.717, 1.165) is 16.7 Å². The molecule has 0 spiro atoms. The van der Waals surface area contributed by atoms with E-state index >= 15 is 0 Å². The van der Waals surface area contributed by atoms with Crippen LogP contribution in [0.25, 0.3) is 11.1 Å². The SMILES string of the molecule is CCOC(=O)c1cncc(-c2ccc(N3C(=O)[C@H](SC[C@H](O)c4ccc(F)cc4)[C@H]3c3ccc(O)cc3)cc2)c1. The largest absolute Gasteiger partial charge is 0.508 e. The van der Waals surface area contributed by atoms with Crippen LogP contribution >= 0.6 is 11.8 Å². The molecule has 1 aliphatic heterocycles. The van der Waals surface area contributed by atoms with Gasteiger partial charge in [-0.05, 0) is 66.1 Å². The summed E-state index contributed by atoms with van der Waals surface area (Å²) in [6.45, 7) is 2.02. The minimum Gasteiger partial charge on any atom is -0.508 e. The van der Waals surface area contributed by atoms with Gasteiger partial charge >= 0.3 is 5.97 Å². The second-order valence-corrected chi connectivity index (χ2v) is 10.5. The zero-order valence-electron chi connectivity index (χ0n) is 21.6. The average Bonchev–Trinajstić information content (AvgIpc) is 2.97. The number of phenols is 1. The monoisotopic (exact) mass is 558 g/mol. The van der Waals surface area contributed by atoms with Crippen LogP contribution in [-0.2, 0) is 9.53 Å². The Morgan fingerprint density at radius 2 is 1.73 bits per heavy atom. The number of aliphatic hydroxyl groups excluding tert-OH is 1. The minimum atomic E-state index is -0.855. The Kier molecular flexibility index (Phi) is 8.14. The molecule has 2 N–H and O–H groups in total. The van der Waals surface area contributed by atoms with Gasteiger partial charge in [-0.25, -0.2) is 9.18 Å². The number of nitrogens with zero attached hydrogens (tertiary/aromatic N) is 2. The maximum absolute atomic E-state index is 13.4. The summed E-state index contributed by atoms with van der Waals surface area (Å²) in [5.41, 5.74) is 4.04. The fourth-order valence-electron chi connectivity index (χ4n) is 4.62. The van der Waals surface area contributed by atoms with E-state index in [9.17, 15) is 24.2 Å². The number of rotatable bonds is 9. The minimum absolute atomic E-state index is 0.104. The number of aliphatic hydroxyl groups is 1. The maximum atomic E-state index is 13.4. The number of benzene rings is 3. The number of hydrogen-bond acceptors (Lipinski definition) is 7. The number of pyridine rings is 1. The molecule has 40 heavy (non-hydrogen) atoms. The summed E-state index contributed by atoms with van der Waals surface area (Å²) >= 11 is 1.34. The van der Waals surface area contributed by atoms with Gasteiger partial charge in [0.25, 0.3) is 0 Å². The lowest BCUT2D eigenvalue weighted by molar-refractivity contribution is -0.123. The highest BCUT2D eigenvalue weighted by molar-refractivity contribution is 8.00. The Balaban J connectivity index is 1.36. The number of halogens is 1. The van der Waals surface area contributed by atoms with Crippen LogP contribution < -0.4 is 4.90 Å². The molecule has 0 saturated carbocycles. The first-order valence-corrected chi connectivity index (χ1v) is 13.8. The first-order valence-electron chi connectivity index (χ1n) is 12.8. The van der Waals surface area contributed by atoms with Gasteiger partial charge in [-0.15, -0.1) is 11.8 Å². The third-order valence-corrected chi connectivity index (χ3v) is 8.02. The van der Waals surface area contributed by atoms with Crippen LogP contribution in [0.1, 0.15) is 40.6 Å². The summed E-state index contributed by atoms with van der Waals surface area (Å²) in [4.78, 5) is 31.4. The number of esters is 1. The van der Waals surface area contributed by atoms with Crippen molar-refractivity contribution in [1.82, 2.24) is 4.98 Å². The molecule has 3 atom stereocenters. The normalized spacial score (nSPS) is 17.3. The molecular weight excluding hydrogens is 531 g/mol. The molecule has 4 aromatic rings.